The van der Waals surface area contributed by atoms with E-state index in [0.29, 0.717) is 13.0 Å². The monoisotopic (exact) mass is 523 g/mol. The van der Waals surface area contributed by atoms with Crippen molar-refractivity contribution in [2.24, 2.45) is 0 Å². The first kappa shape index (κ1) is 32.4. The van der Waals surface area contributed by atoms with Crippen LogP contribution in [-0.4, -0.2) is 68.7 Å². The van der Waals surface area contributed by atoms with E-state index < -0.39 is 18.9 Å². The third-order valence-electron chi connectivity index (χ3n) is 6.35. The molecule has 0 aromatic rings. The summed E-state index contributed by atoms with van der Waals surface area (Å²) in [5.74, 6) is 0. The maximum Gasteiger partial charge on any atom is 0.323 e. The molecule has 0 radical (unpaired) electrons. The lowest BCUT2D eigenvalue weighted by atomic mass is 9.95. The van der Waals surface area contributed by atoms with Gasteiger partial charge in [-0.3, -0.25) is 4.57 Å². The van der Waals surface area contributed by atoms with E-state index in [0.717, 1.165) is 12.8 Å². The number of aliphatic hydroxyl groups is 2. The van der Waals surface area contributed by atoms with Crippen molar-refractivity contribution in [3.05, 3.63) is 0 Å². The van der Waals surface area contributed by atoms with Gasteiger partial charge in [-0.25, -0.2) is 5.09 Å². The summed E-state index contributed by atoms with van der Waals surface area (Å²) in [5.41, 5.74) is 0. The number of rotatable bonds is 23. The van der Waals surface area contributed by atoms with Crippen molar-refractivity contribution in [3.63, 3.8) is 0 Å². The van der Waals surface area contributed by atoms with E-state index in [4.69, 9.17) is 14.0 Å². The minimum atomic E-state index is -3.41. The van der Waals surface area contributed by atoms with Gasteiger partial charge >= 0.3 is 6.72 Å². The highest BCUT2D eigenvalue weighted by Crippen LogP contribution is 2.49. The Kier molecular flexibility index (Phi) is 19.5. The SMILES string of the molecule is B[C@H]1CC(NP(=O)(S)OCC(O)COCCCCCCCCCCCCCCCC)[C@@H](CO)O1. The van der Waals surface area contributed by atoms with E-state index in [1.807, 2.05) is 7.85 Å². The number of ether oxygens (including phenoxy) is 2. The van der Waals surface area contributed by atoms with E-state index in [9.17, 15) is 14.8 Å². The standard InChI is InChI=1S/C24H51BNO6PS/c1-2-3-4-5-6-7-8-9-10-11-12-13-14-15-16-30-19-21(28)20-31-33(29,34)26-22-17-24(25)32-23(22)18-27/h21-24,27-28H,2-20,25H2,1H3,(H2,26,29,34)/t21?,22?,23-,24-,33?/m1/s1. The van der Waals surface area contributed by atoms with Crippen molar-refractivity contribution in [1.29, 1.82) is 0 Å². The molecule has 1 saturated heterocycles. The molecule has 0 saturated carbocycles. The van der Waals surface area contributed by atoms with Crippen LogP contribution in [0.1, 0.15) is 103 Å². The average molecular weight is 524 g/mol. The average Bonchev–Trinajstić information content (AvgIpc) is 3.15. The largest absolute Gasteiger partial charge is 0.394 e. The van der Waals surface area contributed by atoms with E-state index in [1.54, 1.807) is 0 Å². The zero-order valence-electron chi connectivity index (χ0n) is 21.7. The van der Waals surface area contributed by atoms with Crippen molar-refractivity contribution < 1.29 is 28.8 Å². The molecule has 0 aromatic carbocycles. The first-order valence-electron chi connectivity index (χ1n) is 13.6. The fourth-order valence-electron chi connectivity index (χ4n) is 4.36. The number of aliphatic hydroxyl groups excluding tert-OH is 2. The minimum Gasteiger partial charge on any atom is -0.394 e. The highest BCUT2D eigenvalue weighted by Gasteiger charge is 2.36. The number of hydrogen-bond acceptors (Lipinski definition) is 6. The molecule has 1 heterocycles. The van der Waals surface area contributed by atoms with Gasteiger partial charge in [0.1, 0.15) is 14.0 Å². The minimum absolute atomic E-state index is 0.0307. The molecule has 1 fully saturated rings. The van der Waals surface area contributed by atoms with Crippen LogP contribution in [0.15, 0.2) is 0 Å². The molecule has 0 aromatic heterocycles. The van der Waals surface area contributed by atoms with Crippen LogP contribution in [0.2, 0.25) is 0 Å². The van der Waals surface area contributed by atoms with Crippen LogP contribution in [0.25, 0.3) is 0 Å². The van der Waals surface area contributed by atoms with Crippen LogP contribution < -0.4 is 5.09 Å². The summed E-state index contributed by atoms with van der Waals surface area (Å²) in [6, 6.07) is -0.325. The molecular formula is C24H51BNO6PS. The Balaban J connectivity index is 1.90. The van der Waals surface area contributed by atoms with Crippen molar-refractivity contribution in [1.82, 2.24) is 5.09 Å². The summed E-state index contributed by atoms with van der Waals surface area (Å²) in [7, 11) is 1.90. The Hall–Kier alpha value is 0.405. The van der Waals surface area contributed by atoms with Gasteiger partial charge in [-0.1, -0.05) is 103 Å². The van der Waals surface area contributed by atoms with Crippen LogP contribution in [-0.2, 0) is 18.6 Å². The van der Waals surface area contributed by atoms with Gasteiger partial charge in [0, 0.05) is 18.7 Å². The summed E-state index contributed by atoms with van der Waals surface area (Å²) in [4.78, 5) is 0. The van der Waals surface area contributed by atoms with Gasteiger partial charge < -0.3 is 24.2 Å². The topological polar surface area (TPSA) is 97.3 Å². The van der Waals surface area contributed by atoms with Crippen molar-refractivity contribution in [2.75, 3.05) is 26.4 Å². The third kappa shape index (κ3) is 17.0. The molecule has 1 aliphatic heterocycles. The molecule has 10 heteroatoms. The summed E-state index contributed by atoms with van der Waals surface area (Å²) in [6.45, 7) is -0.672. The molecule has 3 unspecified atom stereocenters. The second kappa shape index (κ2) is 20.5. The van der Waals surface area contributed by atoms with Gasteiger partial charge in [0.2, 0.25) is 0 Å². The molecule has 0 bridgehead atoms. The Morgan fingerprint density at radius 2 is 1.53 bits per heavy atom. The third-order valence-corrected chi connectivity index (χ3v) is 8.19. The van der Waals surface area contributed by atoms with E-state index >= 15 is 0 Å². The number of nitrogens with one attached hydrogen (secondary N) is 1. The smallest absolute Gasteiger partial charge is 0.323 e. The zero-order chi connectivity index (χ0) is 25.1. The summed E-state index contributed by atoms with van der Waals surface area (Å²) < 4.78 is 28.9. The van der Waals surface area contributed by atoms with Crippen LogP contribution >= 0.6 is 19.0 Å². The summed E-state index contributed by atoms with van der Waals surface area (Å²) >= 11 is 4.08. The van der Waals surface area contributed by atoms with Crippen LogP contribution in [0.5, 0.6) is 0 Å². The van der Waals surface area contributed by atoms with Gasteiger partial charge in [-0.2, -0.15) is 0 Å². The van der Waals surface area contributed by atoms with E-state index in [2.05, 4.69) is 24.3 Å². The maximum atomic E-state index is 12.5. The van der Waals surface area contributed by atoms with E-state index in [1.165, 1.54) is 77.0 Å². The van der Waals surface area contributed by atoms with Crippen molar-refractivity contribution >= 4 is 26.8 Å². The molecule has 1 aliphatic rings. The van der Waals surface area contributed by atoms with Crippen LogP contribution in [0.3, 0.4) is 0 Å². The van der Waals surface area contributed by atoms with Gasteiger partial charge in [0.15, 0.2) is 0 Å². The van der Waals surface area contributed by atoms with Gasteiger partial charge in [-0.15, -0.1) is 0 Å². The molecule has 0 amide bonds. The zero-order valence-corrected chi connectivity index (χ0v) is 23.5. The number of unbranched alkanes of at least 4 members (excludes halogenated alkanes) is 13. The first-order chi connectivity index (χ1) is 16.4. The summed E-state index contributed by atoms with van der Waals surface area (Å²) in [6.07, 6.45) is 17.8. The number of hydrogen-bond donors (Lipinski definition) is 4. The van der Waals surface area contributed by atoms with E-state index in [-0.39, 0.29) is 31.9 Å². The van der Waals surface area contributed by atoms with Crippen LogP contribution in [0, 0.1) is 0 Å². The highest BCUT2D eigenvalue weighted by atomic mass is 32.7. The quantitative estimate of drug-likeness (QED) is 0.0673. The highest BCUT2D eigenvalue weighted by molar-refractivity contribution is 8.45. The predicted octanol–water partition coefficient (Wildman–Crippen LogP) is 4.60. The lowest BCUT2D eigenvalue weighted by molar-refractivity contribution is 0.0112. The molecule has 0 spiro atoms. The van der Waals surface area contributed by atoms with Gasteiger partial charge in [0.25, 0.3) is 0 Å². The predicted molar refractivity (Wildman–Crippen MR) is 146 cm³/mol. The molecule has 202 valence electrons. The Bertz CT molecular complexity index is 536. The molecule has 3 N–H and O–H groups in total. The van der Waals surface area contributed by atoms with Crippen LogP contribution in [0.4, 0.5) is 0 Å². The fourth-order valence-corrected chi connectivity index (χ4v) is 6.15. The molecule has 0 aliphatic carbocycles. The van der Waals surface area contributed by atoms with Crippen molar-refractivity contribution in [2.45, 2.75) is 127 Å². The fraction of sp³-hybridized carbons (Fsp3) is 1.00. The Labute approximate surface area is 214 Å². The molecule has 1 rings (SSSR count). The Morgan fingerprint density at radius 1 is 1.00 bits per heavy atom. The molecule has 7 nitrogen and oxygen atoms in total. The summed E-state index contributed by atoms with van der Waals surface area (Å²) in [5, 5.41) is 22.2. The molecule has 34 heavy (non-hydrogen) atoms. The first-order valence-corrected chi connectivity index (χ1v) is 16.4. The lowest BCUT2D eigenvalue weighted by Gasteiger charge is -2.23. The van der Waals surface area contributed by atoms with Gasteiger partial charge in [0.05, 0.1) is 25.9 Å². The maximum absolute atomic E-state index is 12.5. The second-order valence-corrected chi connectivity index (χ2v) is 12.9. The normalized spacial score (nSPS) is 23.2. The van der Waals surface area contributed by atoms with Gasteiger partial charge in [-0.05, 0) is 12.8 Å². The second-order valence-electron chi connectivity index (χ2n) is 9.78. The Morgan fingerprint density at radius 3 is 2.06 bits per heavy atom. The number of thiol groups is 1. The molecule has 5 atom stereocenters. The lowest BCUT2D eigenvalue weighted by Crippen LogP contribution is -2.36. The van der Waals surface area contributed by atoms with Crippen molar-refractivity contribution in [3.8, 4) is 0 Å². The molecular weight excluding hydrogens is 472 g/mol.